The minimum Gasteiger partial charge on any atom is -0.348 e. The first-order valence-electron chi connectivity index (χ1n) is 6.32. The van der Waals surface area contributed by atoms with Crippen LogP contribution in [0.4, 0.5) is 0 Å². The highest BCUT2D eigenvalue weighted by molar-refractivity contribution is 6.10. The number of amides is 1. The fourth-order valence-corrected chi connectivity index (χ4v) is 2.74. The molecule has 3 rings (SSSR count). The topological polar surface area (TPSA) is 29.1 Å². The van der Waals surface area contributed by atoms with E-state index in [0.29, 0.717) is 6.54 Å². The number of nitrogens with one attached hydrogen (secondary N) is 1. The standard InChI is InChI=1S/C16H17NO/c1-16(2,3)13-8-7-10-9-17-15(18)12-6-4-5-11(13)14(10)12/h4-8H,9H2,1-3H3,(H,17,18). The van der Waals surface area contributed by atoms with E-state index in [1.54, 1.807) is 0 Å². The summed E-state index contributed by atoms with van der Waals surface area (Å²) in [5.74, 6) is 0.0409. The molecule has 0 saturated carbocycles. The summed E-state index contributed by atoms with van der Waals surface area (Å²) in [4.78, 5) is 11.9. The maximum atomic E-state index is 11.9. The highest BCUT2D eigenvalue weighted by Crippen LogP contribution is 2.34. The number of carbonyl (C=O) groups is 1. The first kappa shape index (κ1) is 11.3. The highest BCUT2D eigenvalue weighted by atomic mass is 16.1. The quantitative estimate of drug-likeness (QED) is 0.750. The molecule has 2 aromatic rings. The first-order valence-corrected chi connectivity index (χ1v) is 6.32. The molecule has 1 amide bonds. The van der Waals surface area contributed by atoms with Gasteiger partial charge in [-0.2, -0.15) is 0 Å². The van der Waals surface area contributed by atoms with Crippen molar-refractivity contribution in [3.05, 3.63) is 47.0 Å². The summed E-state index contributed by atoms with van der Waals surface area (Å²) in [6.07, 6.45) is 0. The van der Waals surface area contributed by atoms with Crippen LogP contribution in [0.15, 0.2) is 30.3 Å². The van der Waals surface area contributed by atoms with Crippen molar-refractivity contribution < 1.29 is 4.79 Å². The monoisotopic (exact) mass is 239 g/mol. The molecule has 0 saturated heterocycles. The van der Waals surface area contributed by atoms with Crippen molar-refractivity contribution in [2.75, 3.05) is 0 Å². The van der Waals surface area contributed by atoms with Crippen LogP contribution in [0.2, 0.25) is 0 Å². The fraction of sp³-hybridized carbons (Fsp3) is 0.312. The number of hydrogen-bond donors (Lipinski definition) is 1. The Morgan fingerprint density at radius 1 is 1.11 bits per heavy atom. The van der Waals surface area contributed by atoms with E-state index in [1.165, 1.54) is 16.5 Å². The van der Waals surface area contributed by atoms with E-state index in [9.17, 15) is 4.79 Å². The molecule has 1 aliphatic heterocycles. The third kappa shape index (κ3) is 1.52. The van der Waals surface area contributed by atoms with E-state index in [4.69, 9.17) is 0 Å². The van der Waals surface area contributed by atoms with Crippen LogP contribution in [0.3, 0.4) is 0 Å². The predicted octanol–water partition coefficient (Wildman–Crippen LogP) is 3.38. The van der Waals surface area contributed by atoms with Gasteiger partial charge in [0.25, 0.3) is 5.91 Å². The Hall–Kier alpha value is -1.83. The normalized spacial score (nSPS) is 14.7. The van der Waals surface area contributed by atoms with Crippen LogP contribution in [0, 0.1) is 0 Å². The Bertz CT molecular complexity index is 650. The third-order valence-corrected chi connectivity index (χ3v) is 3.62. The van der Waals surface area contributed by atoms with Crippen molar-refractivity contribution in [2.45, 2.75) is 32.7 Å². The Balaban J connectivity index is 2.44. The van der Waals surface area contributed by atoms with Crippen LogP contribution in [-0.4, -0.2) is 5.91 Å². The van der Waals surface area contributed by atoms with Gasteiger partial charge in [-0.3, -0.25) is 4.79 Å². The van der Waals surface area contributed by atoms with Gasteiger partial charge in [0.2, 0.25) is 0 Å². The smallest absolute Gasteiger partial charge is 0.252 e. The molecule has 0 aliphatic carbocycles. The summed E-state index contributed by atoms with van der Waals surface area (Å²) in [6.45, 7) is 7.26. The Labute approximate surface area is 107 Å². The van der Waals surface area contributed by atoms with Crippen molar-refractivity contribution in [1.82, 2.24) is 5.32 Å². The summed E-state index contributed by atoms with van der Waals surface area (Å²) < 4.78 is 0. The van der Waals surface area contributed by atoms with Crippen LogP contribution in [0.25, 0.3) is 10.8 Å². The van der Waals surface area contributed by atoms with Crippen molar-refractivity contribution in [2.24, 2.45) is 0 Å². The lowest BCUT2D eigenvalue weighted by Gasteiger charge is -2.25. The van der Waals surface area contributed by atoms with Gasteiger partial charge in [0.1, 0.15) is 0 Å². The molecule has 0 atom stereocenters. The van der Waals surface area contributed by atoms with E-state index in [2.05, 4.69) is 44.3 Å². The molecular formula is C16H17NO. The van der Waals surface area contributed by atoms with E-state index in [0.717, 1.165) is 10.9 Å². The summed E-state index contributed by atoms with van der Waals surface area (Å²) in [5, 5.41) is 5.27. The lowest BCUT2D eigenvalue weighted by molar-refractivity contribution is 0.0949. The van der Waals surface area contributed by atoms with Gasteiger partial charge in [0.15, 0.2) is 0 Å². The van der Waals surface area contributed by atoms with Gasteiger partial charge >= 0.3 is 0 Å². The zero-order valence-corrected chi connectivity index (χ0v) is 11.0. The number of rotatable bonds is 0. The molecule has 1 heterocycles. The molecule has 0 bridgehead atoms. The Morgan fingerprint density at radius 2 is 1.89 bits per heavy atom. The average Bonchev–Trinajstić information content (AvgIpc) is 2.32. The second-order valence-electron chi connectivity index (χ2n) is 5.93. The summed E-state index contributed by atoms with van der Waals surface area (Å²) in [5.41, 5.74) is 3.41. The summed E-state index contributed by atoms with van der Waals surface area (Å²) in [7, 11) is 0. The molecule has 0 spiro atoms. The van der Waals surface area contributed by atoms with Gasteiger partial charge in [-0.25, -0.2) is 0 Å². The second kappa shape index (κ2) is 3.58. The average molecular weight is 239 g/mol. The fourth-order valence-electron chi connectivity index (χ4n) is 2.74. The van der Waals surface area contributed by atoms with Crippen LogP contribution in [0.1, 0.15) is 42.3 Å². The van der Waals surface area contributed by atoms with Crippen molar-refractivity contribution >= 4 is 16.7 Å². The molecule has 0 unspecified atom stereocenters. The lowest BCUT2D eigenvalue weighted by atomic mass is 9.81. The number of carbonyl (C=O) groups excluding carboxylic acids is 1. The molecule has 0 aromatic heterocycles. The summed E-state index contributed by atoms with van der Waals surface area (Å²) in [6, 6.07) is 10.3. The third-order valence-electron chi connectivity index (χ3n) is 3.62. The maximum absolute atomic E-state index is 11.9. The van der Waals surface area contributed by atoms with Crippen molar-refractivity contribution in [1.29, 1.82) is 0 Å². The number of hydrogen-bond acceptors (Lipinski definition) is 1. The zero-order valence-electron chi connectivity index (χ0n) is 11.0. The maximum Gasteiger partial charge on any atom is 0.252 e. The van der Waals surface area contributed by atoms with Gasteiger partial charge in [0.05, 0.1) is 0 Å². The molecule has 0 fully saturated rings. The molecule has 92 valence electrons. The van der Waals surface area contributed by atoms with Crippen LogP contribution >= 0.6 is 0 Å². The van der Waals surface area contributed by atoms with Gasteiger partial charge < -0.3 is 5.32 Å². The SMILES string of the molecule is CC(C)(C)c1ccc2c3c(cccc13)C(=O)NC2. The van der Waals surface area contributed by atoms with E-state index < -0.39 is 0 Å². The minimum absolute atomic E-state index is 0.0409. The molecular weight excluding hydrogens is 222 g/mol. The van der Waals surface area contributed by atoms with Crippen molar-refractivity contribution in [3.63, 3.8) is 0 Å². The lowest BCUT2D eigenvalue weighted by Crippen LogP contribution is -2.28. The summed E-state index contributed by atoms with van der Waals surface area (Å²) >= 11 is 0. The van der Waals surface area contributed by atoms with E-state index in [-0.39, 0.29) is 11.3 Å². The largest absolute Gasteiger partial charge is 0.348 e. The minimum atomic E-state index is 0.0409. The van der Waals surface area contributed by atoms with Crippen molar-refractivity contribution in [3.8, 4) is 0 Å². The molecule has 0 radical (unpaired) electrons. The van der Waals surface area contributed by atoms with Crippen LogP contribution in [0.5, 0.6) is 0 Å². The Kier molecular flexibility index (Phi) is 2.24. The predicted molar refractivity (Wildman–Crippen MR) is 73.8 cm³/mol. The van der Waals surface area contributed by atoms with Gasteiger partial charge in [-0.1, -0.05) is 45.0 Å². The van der Waals surface area contributed by atoms with Gasteiger partial charge in [0, 0.05) is 12.1 Å². The molecule has 2 heteroatoms. The zero-order chi connectivity index (χ0) is 12.9. The second-order valence-corrected chi connectivity index (χ2v) is 5.93. The molecule has 1 aliphatic rings. The molecule has 18 heavy (non-hydrogen) atoms. The van der Waals surface area contributed by atoms with Crippen LogP contribution in [-0.2, 0) is 12.0 Å². The Morgan fingerprint density at radius 3 is 2.61 bits per heavy atom. The van der Waals surface area contributed by atoms with E-state index >= 15 is 0 Å². The molecule has 2 nitrogen and oxygen atoms in total. The number of benzene rings is 2. The van der Waals surface area contributed by atoms with Gasteiger partial charge in [-0.05, 0) is 33.4 Å². The van der Waals surface area contributed by atoms with Crippen LogP contribution < -0.4 is 5.32 Å². The highest BCUT2D eigenvalue weighted by Gasteiger charge is 2.23. The van der Waals surface area contributed by atoms with E-state index in [1.807, 2.05) is 12.1 Å². The first-order chi connectivity index (χ1) is 8.48. The molecule has 2 aromatic carbocycles. The van der Waals surface area contributed by atoms with Gasteiger partial charge in [-0.15, -0.1) is 0 Å². The molecule has 1 N–H and O–H groups in total.